The second-order valence-corrected chi connectivity index (χ2v) is 6.60. The molecule has 2 aromatic carbocycles. The number of nitro benzene ring substituents is 2. The first kappa shape index (κ1) is 23.9. The van der Waals surface area contributed by atoms with Gasteiger partial charge in [-0.3, -0.25) is 35.2 Å². The lowest BCUT2D eigenvalue weighted by molar-refractivity contribution is -0.393. The lowest BCUT2D eigenvalue weighted by Crippen LogP contribution is -2.48. The van der Waals surface area contributed by atoms with Crippen LogP contribution in [0.3, 0.4) is 0 Å². The molecule has 0 heterocycles. The van der Waals surface area contributed by atoms with Gasteiger partial charge in [0, 0.05) is 12.6 Å². The van der Waals surface area contributed by atoms with E-state index in [-0.39, 0.29) is 12.1 Å². The van der Waals surface area contributed by atoms with Crippen LogP contribution in [0.5, 0.6) is 0 Å². The Balaban J connectivity index is 2.14. The summed E-state index contributed by atoms with van der Waals surface area (Å²) in [5.74, 6) is -0.919. The average molecular weight is 442 g/mol. The highest BCUT2D eigenvalue weighted by Crippen LogP contribution is 2.28. The third-order valence-corrected chi connectivity index (χ3v) is 4.15. The second kappa shape index (κ2) is 11.7. The summed E-state index contributed by atoms with van der Waals surface area (Å²) in [6.45, 7) is 2.26. The van der Waals surface area contributed by atoms with E-state index in [1.165, 1.54) is 0 Å². The van der Waals surface area contributed by atoms with Gasteiger partial charge in [-0.15, -0.1) is 0 Å². The number of carbonyl (C=O) groups is 2. The van der Waals surface area contributed by atoms with Gasteiger partial charge < -0.3 is 10.6 Å². The van der Waals surface area contributed by atoms with E-state index in [9.17, 15) is 29.8 Å². The summed E-state index contributed by atoms with van der Waals surface area (Å²) in [5, 5.41) is 31.1. The van der Waals surface area contributed by atoms with Crippen LogP contribution in [0.4, 0.5) is 17.1 Å². The van der Waals surface area contributed by atoms with Crippen molar-refractivity contribution in [3.05, 3.63) is 74.3 Å². The molecule has 0 spiro atoms. The van der Waals surface area contributed by atoms with Crippen molar-refractivity contribution in [2.45, 2.75) is 25.8 Å². The highest BCUT2D eigenvalue weighted by molar-refractivity contribution is 6.01. The van der Waals surface area contributed by atoms with E-state index in [2.05, 4.69) is 21.2 Å². The number of nitrogens with one attached hydrogen (secondary N) is 3. The number of rotatable bonds is 11. The molecule has 0 aliphatic heterocycles. The van der Waals surface area contributed by atoms with Crippen molar-refractivity contribution in [2.24, 2.45) is 5.10 Å². The molecule has 0 aromatic heterocycles. The highest BCUT2D eigenvalue weighted by Gasteiger charge is 2.21. The Morgan fingerprint density at radius 3 is 2.44 bits per heavy atom. The molecule has 3 N–H and O–H groups in total. The average Bonchev–Trinajstić information content (AvgIpc) is 2.77. The van der Waals surface area contributed by atoms with Gasteiger partial charge in [0.15, 0.2) is 0 Å². The first-order valence-electron chi connectivity index (χ1n) is 9.64. The second-order valence-electron chi connectivity index (χ2n) is 6.60. The predicted molar refractivity (Wildman–Crippen MR) is 117 cm³/mol. The normalized spacial score (nSPS) is 11.5. The van der Waals surface area contributed by atoms with Gasteiger partial charge in [-0.05, 0) is 18.1 Å². The Morgan fingerprint density at radius 2 is 1.81 bits per heavy atom. The molecule has 1 unspecified atom stereocenters. The fourth-order valence-electron chi connectivity index (χ4n) is 2.59. The number of nitro groups is 2. The summed E-state index contributed by atoms with van der Waals surface area (Å²) in [6, 6.07) is 10.8. The van der Waals surface area contributed by atoms with E-state index < -0.39 is 39.1 Å². The Bertz CT molecular complexity index is 1010. The molecule has 0 bridgehead atoms. The zero-order valence-corrected chi connectivity index (χ0v) is 17.2. The minimum absolute atomic E-state index is 0.0491. The zero-order chi connectivity index (χ0) is 23.5. The van der Waals surface area contributed by atoms with Gasteiger partial charge in [-0.2, -0.15) is 5.10 Å². The first-order chi connectivity index (χ1) is 15.3. The molecule has 2 amide bonds. The van der Waals surface area contributed by atoms with Crippen LogP contribution in [0.2, 0.25) is 0 Å². The number of carbonyl (C=O) groups excluding carboxylic acids is 2. The van der Waals surface area contributed by atoms with E-state index >= 15 is 0 Å². The van der Waals surface area contributed by atoms with Gasteiger partial charge in [-0.1, -0.05) is 37.3 Å². The lowest BCUT2D eigenvalue weighted by atomic mass is 10.1. The molecule has 2 aromatic rings. The van der Waals surface area contributed by atoms with Gasteiger partial charge in [0.2, 0.25) is 11.8 Å². The number of amides is 2. The molecule has 0 saturated heterocycles. The van der Waals surface area contributed by atoms with Crippen LogP contribution in [0.1, 0.15) is 18.9 Å². The maximum Gasteiger partial charge on any atom is 0.301 e. The molecule has 0 saturated carbocycles. The third-order valence-electron chi connectivity index (χ3n) is 4.15. The Labute approximate surface area is 183 Å². The molecule has 0 radical (unpaired) electrons. The van der Waals surface area contributed by atoms with Gasteiger partial charge in [0.25, 0.3) is 5.69 Å². The van der Waals surface area contributed by atoms with Gasteiger partial charge in [-0.25, -0.2) is 0 Å². The lowest BCUT2D eigenvalue weighted by Gasteiger charge is -2.14. The van der Waals surface area contributed by atoms with E-state index in [1.807, 2.05) is 13.0 Å². The molecule has 2 rings (SSSR count). The molecule has 0 aliphatic carbocycles. The van der Waals surface area contributed by atoms with Crippen LogP contribution < -0.4 is 16.1 Å². The van der Waals surface area contributed by atoms with Crippen LogP contribution in [0.25, 0.3) is 0 Å². The summed E-state index contributed by atoms with van der Waals surface area (Å²) in [6.07, 6.45) is 1.83. The monoisotopic (exact) mass is 442 g/mol. The van der Waals surface area contributed by atoms with E-state index in [0.717, 1.165) is 30.0 Å². The van der Waals surface area contributed by atoms with Crippen LogP contribution in [0, 0.1) is 20.2 Å². The summed E-state index contributed by atoms with van der Waals surface area (Å²) < 4.78 is 0. The van der Waals surface area contributed by atoms with Crippen molar-refractivity contribution in [2.75, 3.05) is 12.0 Å². The fraction of sp³-hybridized carbons (Fsp3) is 0.250. The fourth-order valence-corrected chi connectivity index (χ4v) is 2.59. The number of anilines is 1. The van der Waals surface area contributed by atoms with E-state index in [0.29, 0.717) is 13.0 Å². The van der Waals surface area contributed by atoms with Gasteiger partial charge >= 0.3 is 5.69 Å². The largest absolute Gasteiger partial charge is 0.354 e. The van der Waals surface area contributed by atoms with Crippen LogP contribution in [0.15, 0.2) is 53.6 Å². The number of benzene rings is 2. The molecule has 168 valence electrons. The smallest absolute Gasteiger partial charge is 0.301 e. The highest BCUT2D eigenvalue weighted by atomic mass is 16.6. The summed E-state index contributed by atoms with van der Waals surface area (Å²) in [4.78, 5) is 45.2. The first-order valence-corrected chi connectivity index (χ1v) is 9.64. The van der Waals surface area contributed by atoms with Gasteiger partial charge in [0.05, 0.1) is 28.5 Å². The molecule has 1 atom stereocenters. The van der Waals surface area contributed by atoms with Crippen molar-refractivity contribution < 1.29 is 19.4 Å². The van der Waals surface area contributed by atoms with Crippen molar-refractivity contribution in [3.8, 4) is 0 Å². The minimum Gasteiger partial charge on any atom is -0.354 e. The van der Waals surface area contributed by atoms with Crippen molar-refractivity contribution in [3.63, 3.8) is 0 Å². The molecule has 12 heteroatoms. The molecule has 12 nitrogen and oxygen atoms in total. The molecular weight excluding hydrogens is 420 g/mol. The predicted octanol–water partition coefficient (Wildman–Crippen LogP) is 2.15. The zero-order valence-electron chi connectivity index (χ0n) is 17.2. The molecule has 0 aliphatic rings. The van der Waals surface area contributed by atoms with Crippen LogP contribution in [-0.4, -0.2) is 40.5 Å². The number of nitrogens with zero attached hydrogens (tertiary/aromatic N) is 3. The summed E-state index contributed by atoms with van der Waals surface area (Å²) >= 11 is 0. The molecule has 32 heavy (non-hydrogen) atoms. The van der Waals surface area contributed by atoms with Crippen molar-refractivity contribution >= 4 is 35.1 Å². The maximum absolute atomic E-state index is 12.4. The standard InChI is InChI=1S/C20H22N6O6/c1-2-10-21-20(28)17(23-19(27)11-14-6-4-3-5-7-14)13-22-24-16-9-8-15(25(29)30)12-18(16)26(31)32/h3-9,12-13,17,24H,2,10-11H2,1H3,(H,21,28)(H,23,27). The van der Waals surface area contributed by atoms with Gasteiger partial charge in [0.1, 0.15) is 11.7 Å². The quantitative estimate of drug-likeness (QED) is 0.272. The molecule has 0 fully saturated rings. The Kier molecular flexibility index (Phi) is 8.78. The number of non-ortho nitro benzene ring substituents is 1. The maximum atomic E-state index is 12.4. The SMILES string of the molecule is CCCNC(=O)C(C=NNc1ccc([N+](=O)[O-])cc1[N+](=O)[O-])NC(=O)Cc1ccccc1. The Hall–Kier alpha value is -4.35. The van der Waals surface area contributed by atoms with E-state index in [4.69, 9.17) is 0 Å². The summed E-state index contributed by atoms with van der Waals surface area (Å²) in [7, 11) is 0. The third kappa shape index (κ3) is 7.16. The van der Waals surface area contributed by atoms with Crippen molar-refractivity contribution in [1.82, 2.24) is 10.6 Å². The van der Waals surface area contributed by atoms with Crippen LogP contribution >= 0.6 is 0 Å². The number of hydrogen-bond acceptors (Lipinski definition) is 8. The summed E-state index contributed by atoms with van der Waals surface area (Å²) in [5.41, 5.74) is 2.04. The number of hydrazone groups is 1. The van der Waals surface area contributed by atoms with E-state index in [1.54, 1.807) is 24.3 Å². The Morgan fingerprint density at radius 1 is 1.09 bits per heavy atom. The minimum atomic E-state index is -1.14. The van der Waals surface area contributed by atoms with Crippen molar-refractivity contribution in [1.29, 1.82) is 0 Å². The molecular formula is C20H22N6O6. The topological polar surface area (TPSA) is 169 Å². The number of hydrogen-bond donors (Lipinski definition) is 3. The van der Waals surface area contributed by atoms with Crippen LogP contribution in [-0.2, 0) is 16.0 Å².